The molecule has 2 amide bonds. The number of aromatic nitrogens is 1. The summed E-state index contributed by atoms with van der Waals surface area (Å²) >= 11 is 0. The van der Waals surface area contributed by atoms with Crippen molar-refractivity contribution >= 4 is 17.5 Å². The molecule has 1 aromatic carbocycles. The predicted molar refractivity (Wildman–Crippen MR) is 110 cm³/mol. The van der Waals surface area contributed by atoms with Crippen molar-refractivity contribution in [3.63, 3.8) is 0 Å². The quantitative estimate of drug-likeness (QED) is 0.814. The van der Waals surface area contributed by atoms with Crippen molar-refractivity contribution in [2.24, 2.45) is 5.92 Å². The zero-order chi connectivity index (χ0) is 20.4. The summed E-state index contributed by atoms with van der Waals surface area (Å²) in [5, 5.41) is 5.90. The fourth-order valence-electron chi connectivity index (χ4n) is 4.29. The molecule has 3 fully saturated rings. The molecule has 7 heteroatoms. The van der Waals surface area contributed by atoms with E-state index in [1.807, 2.05) is 0 Å². The number of amides is 2. The number of fused-ring (bicyclic) bond motifs is 3. The third-order valence-corrected chi connectivity index (χ3v) is 5.87. The number of hydrogen-bond donors (Lipinski definition) is 2. The Morgan fingerprint density at radius 2 is 1.83 bits per heavy atom. The second-order valence-corrected chi connectivity index (χ2v) is 7.81. The summed E-state index contributed by atoms with van der Waals surface area (Å²) < 4.78 is 5.72. The smallest absolute Gasteiger partial charge is 0.251 e. The van der Waals surface area contributed by atoms with E-state index >= 15 is 0 Å². The van der Waals surface area contributed by atoms with Crippen LogP contribution in [-0.2, 0) is 4.79 Å². The number of pyridine rings is 1. The molecule has 3 aliphatic rings. The highest BCUT2D eigenvalue weighted by molar-refractivity contribution is 5.94. The number of rotatable bonds is 5. The van der Waals surface area contributed by atoms with Crippen LogP contribution >= 0.6 is 0 Å². The van der Waals surface area contributed by atoms with E-state index in [0.717, 1.165) is 25.9 Å². The fourth-order valence-corrected chi connectivity index (χ4v) is 4.29. The minimum absolute atomic E-state index is 0.0417. The van der Waals surface area contributed by atoms with Gasteiger partial charge in [0.15, 0.2) is 0 Å². The van der Waals surface area contributed by atoms with Crippen molar-refractivity contribution in [3.05, 3.63) is 48.2 Å². The monoisotopic (exact) mass is 394 g/mol. The lowest BCUT2D eigenvalue weighted by Crippen LogP contribution is -2.62. The van der Waals surface area contributed by atoms with Gasteiger partial charge >= 0.3 is 0 Å². The van der Waals surface area contributed by atoms with Gasteiger partial charge in [0.05, 0.1) is 11.9 Å². The largest absolute Gasteiger partial charge is 0.439 e. The molecule has 2 N–H and O–H groups in total. The van der Waals surface area contributed by atoms with Crippen LogP contribution in [0.15, 0.2) is 42.6 Å². The Hall–Kier alpha value is -2.93. The number of ether oxygens (including phenoxy) is 1. The van der Waals surface area contributed by atoms with Gasteiger partial charge in [0.2, 0.25) is 11.8 Å². The van der Waals surface area contributed by atoms with Gasteiger partial charge in [-0.25, -0.2) is 4.98 Å². The number of nitrogens with zero attached hydrogens (tertiary/aromatic N) is 2. The normalized spacial score (nSPS) is 25.3. The molecule has 0 spiro atoms. The Balaban J connectivity index is 1.36. The molecule has 2 atom stereocenters. The molecule has 5 rings (SSSR count). The molecule has 4 heterocycles. The molecule has 0 aliphatic carbocycles. The van der Waals surface area contributed by atoms with Crippen molar-refractivity contribution in [1.29, 1.82) is 0 Å². The molecule has 152 valence electrons. The Bertz CT molecular complexity index is 872. The summed E-state index contributed by atoms with van der Waals surface area (Å²) in [6, 6.07) is 11.1. The molecular weight excluding hydrogens is 368 g/mol. The van der Waals surface area contributed by atoms with Crippen molar-refractivity contribution in [1.82, 2.24) is 15.2 Å². The fraction of sp³-hybridized carbons (Fsp3) is 0.409. The van der Waals surface area contributed by atoms with E-state index < -0.39 is 0 Å². The molecule has 0 saturated carbocycles. The Morgan fingerprint density at radius 3 is 2.41 bits per heavy atom. The summed E-state index contributed by atoms with van der Waals surface area (Å²) in [6.07, 6.45) is 3.86. The van der Waals surface area contributed by atoms with Crippen LogP contribution in [0, 0.1) is 5.92 Å². The van der Waals surface area contributed by atoms with E-state index in [1.165, 1.54) is 13.1 Å². The van der Waals surface area contributed by atoms with Crippen LogP contribution in [0.5, 0.6) is 11.6 Å². The second kappa shape index (κ2) is 8.21. The highest BCUT2D eigenvalue weighted by Crippen LogP contribution is 2.32. The number of benzene rings is 1. The average molecular weight is 394 g/mol. The van der Waals surface area contributed by atoms with Crippen LogP contribution in [0.1, 0.15) is 37.0 Å². The number of nitrogens with one attached hydrogen (secondary N) is 2. The van der Waals surface area contributed by atoms with Crippen molar-refractivity contribution in [2.75, 3.05) is 18.4 Å². The molecule has 29 heavy (non-hydrogen) atoms. The second-order valence-electron chi connectivity index (χ2n) is 7.81. The Morgan fingerprint density at radius 1 is 1.10 bits per heavy atom. The molecule has 7 nitrogen and oxygen atoms in total. The van der Waals surface area contributed by atoms with Gasteiger partial charge in [-0.2, -0.15) is 0 Å². The van der Waals surface area contributed by atoms with Gasteiger partial charge in [0.1, 0.15) is 5.75 Å². The van der Waals surface area contributed by atoms with Crippen LogP contribution < -0.4 is 15.4 Å². The summed E-state index contributed by atoms with van der Waals surface area (Å²) in [5.41, 5.74) is 1.23. The maximum Gasteiger partial charge on any atom is 0.251 e. The SMILES string of the molecule is CC(=O)Nc1ccc(Oc2ccc(C(=O)N[C@@H]3C4CCN(CC4)[C@@H]3C)cc2)nc1. The summed E-state index contributed by atoms with van der Waals surface area (Å²) in [6.45, 7) is 5.94. The van der Waals surface area contributed by atoms with Crippen molar-refractivity contribution in [2.45, 2.75) is 38.8 Å². The van der Waals surface area contributed by atoms with E-state index in [1.54, 1.807) is 36.4 Å². The number of piperidine rings is 3. The summed E-state index contributed by atoms with van der Waals surface area (Å²) in [7, 11) is 0. The summed E-state index contributed by atoms with van der Waals surface area (Å²) in [5.74, 6) is 1.39. The van der Waals surface area contributed by atoms with Crippen LogP contribution in [0.3, 0.4) is 0 Å². The van der Waals surface area contributed by atoms with Gasteiger partial charge in [0.25, 0.3) is 5.91 Å². The van der Waals surface area contributed by atoms with Gasteiger partial charge in [-0.3, -0.25) is 14.5 Å². The van der Waals surface area contributed by atoms with Gasteiger partial charge < -0.3 is 15.4 Å². The summed E-state index contributed by atoms with van der Waals surface area (Å²) in [4.78, 5) is 30.4. The maximum atomic E-state index is 12.7. The number of carbonyl (C=O) groups is 2. The molecule has 0 unspecified atom stereocenters. The standard InChI is InChI=1S/C22H26N4O3/c1-14-21(16-9-11-26(14)12-10-16)25-22(28)17-3-6-19(7-4-17)29-20-8-5-18(13-23-20)24-15(2)27/h3-8,13-14,16,21H,9-12H2,1-2H3,(H,24,27)(H,25,28)/t14-,21+/m1/s1. The van der Waals surface area contributed by atoms with E-state index in [9.17, 15) is 9.59 Å². The third kappa shape index (κ3) is 4.40. The predicted octanol–water partition coefficient (Wildman–Crippen LogP) is 3.04. The van der Waals surface area contributed by atoms with Crippen LogP contribution in [0.4, 0.5) is 5.69 Å². The third-order valence-electron chi connectivity index (χ3n) is 5.87. The molecular formula is C22H26N4O3. The number of anilines is 1. The van der Waals surface area contributed by atoms with Gasteiger partial charge in [-0.1, -0.05) is 0 Å². The molecule has 3 saturated heterocycles. The van der Waals surface area contributed by atoms with Gasteiger partial charge in [-0.15, -0.1) is 0 Å². The molecule has 1 aromatic heterocycles. The van der Waals surface area contributed by atoms with Crippen LogP contribution in [0.25, 0.3) is 0 Å². The average Bonchev–Trinajstić information content (AvgIpc) is 2.72. The van der Waals surface area contributed by atoms with Crippen molar-refractivity contribution in [3.8, 4) is 11.6 Å². The lowest BCUT2D eigenvalue weighted by atomic mass is 9.79. The van der Waals surface area contributed by atoms with E-state index in [2.05, 4.69) is 27.4 Å². The van der Waals surface area contributed by atoms with E-state index in [0.29, 0.717) is 34.8 Å². The first-order chi connectivity index (χ1) is 14.0. The first-order valence-electron chi connectivity index (χ1n) is 10.1. The first kappa shape index (κ1) is 19.4. The number of hydrogen-bond acceptors (Lipinski definition) is 5. The lowest BCUT2D eigenvalue weighted by molar-refractivity contribution is -0.114. The molecule has 2 aromatic rings. The number of carbonyl (C=O) groups excluding carboxylic acids is 2. The van der Waals surface area contributed by atoms with Crippen molar-refractivity contribution < 1.29 is 14.3 Å². The van der Waals surface area contributed by atoms with Gasteiger partial charge in [-0.05, 0) is 69.1 Å². The topological polar surface area (TPSA) is 83.6 Å². The van der Waals surface area contributed by atoms with E-state index in [4.69, 9.17) is 4.74 Å². The first-order valence-corrected chi connectivity index (χ1v) is 10.1. The van der Waals surface area contributed by atoms with Gasteiger partial charge in [0, 0.05) is 30.6 Å². The highest BCUT2D eigenvalue weighted by atomic mass is 16.5. The van der Waals surface area contributed by atoms with E-state index in [-0.39, 0.29) is 17.9 Å². The van der Waals surface area contributed by atoms with Crippen LogP contribution in [0.2, 0.25) is 0 Å². The molecule has 2 bridgehead atoms. The Kier molecular flexibility index (Phi) is 5.49. The molecule has 3 aliphatic heterocycles. The highest BCUT2D eigenvalue weighted by Gasteiger charge is 2.40. The maximum absolute atomic E-state index is 12.7. The zero-order valence-corrected chi connectivity index (χ0v) is 16.7. The minimum atomic E-state index is -0.151. The zero-order valence-electron chi connectivity index (χ0n) is 16.7. The van der Waals surface area contributed by atoms with Crippen LogP contribution in [-0.4, -0.2) is 46.9 Å². The Labute approximate surface area is 170 Å². The minimum Gasteiger partial charge on any atom is -0.439 e. The molecule has 0 radical (unpaired) electrons. The lowest BCUT2D eigenvalue weighted by Gasteiger charge is -2.49.